The van der Waals surface area contributed by atoms with Crippen LogP contribution in [0.25, 0.3) is 0 Å². The lowest BCUT2D eigenvalue weighted by atomic mass is 9.88. The molecule has 0 N–H and O–H groups in total. The van der Waals surface area contributed by atoms with E-state index in [0.717, 1.165) is 12.8 Å². The summed E-state index contributed by atoms with van der Waals surface area (Å²) in [5, 5.41) is 9.18. The molecule has 0 saturated heterocycles. The Morgan fingerprint density at radius 3 is 2.00 bits per heavy atom. The first-order valence-corrected chi connectivity index (χ1v) is 5.09. The number of hydrogen-bond donors (Lipinski definition) is 0. The molecule has 1 fully saturated rings. The lowest BCUT2D eigenvalue weighted by Gasteiger charge is -2.14. The second-order valence-corrected chi connectivity index (χ2v) is 4.47. The van der Waals surface area contributed by atoms with E-state index in [-0.39, 0.29) is 5.41 Å². The van der Waals surface area contributed by atoms with Crippen LogP contribution in [0.4, 0.5) is 0 Å². The zero-order chi connectivity index (χ0) is 10.3. The fourth-order valence-electron chi connectivity index (χ4n) is 2.48. The molecule has 1 heteroatoms. The number of rotatable bonds is 1. The molecular weight excluding hydrogens is 170 g/mol. The van der Waals surface area contributed by atoms with Crippen LogP contribution < -0.4 is 0 Å². The van der Waals surface area contributed by atoms with Gasteiger partial charge in [-0.3, -0.25) is 0 Å². The molecule has 1 aromatic carbocycles. The molecule has 1 aliphatic rings. The number of benzene rings is 1. The van der Waals surface area contributed by atoms with E-state index >= 15 is 0 Å². The predicted molar refractivity (Wildman–Crippen MR) is 57.2 cm³/mol. The summed E-state index contributed by atoms with van der Waals surface area (Å²) in [6.07, 6.45) is 2.07. The third-order valence-corrected chi connectivity index (χ3v) is 3.12. The van der Waals surface area contributed by atoms with Gasteiger partial charge in [-0.25, -0.2) is 0 Å². The average molecular weight is 185 g/mol. The van der Waals surface area contributed by atoms with Gasteiger partial charge in [0, 0.05) is 0 Å². The highest BCUT2D eigenvalue weighted by atomic mass is 14.5. The molecule has 1 saturated carbocycles. The highest BCUT2D eigenvalue weighted by Gasteiger charge is 2.46. The zero-order valence-electron chi connectivity index (χ0n) is 9.02. The molecular formula is C13H15N. The number of nitrogens with zero attached hydrogens (tertiary/aromatic N) is 1. The van der Waals surface area contributed by atoms with Crippen molar-refractivity contribution in [2.24, 2.45) is 0 Å². The average Bonchev–Trinajstić information content (AvgIpc) is 2.83. The van der Waals surface area contributed by atoms with Gasteiger partial charge in [0.25, 0.3) is 0 Å². The minimum Gasteiger partial charge on any atom is -0.197 e. The Kier molecular flexibility index (Phi) is 1.89. The van der Waals surface area contributed by atoms with Gasteiger partial charge in [-0.2, -0.15) is 5.26 Å². The van der Waals surface area contributed by atoms with Gasteiger partial charge >= 0.3 is 0 Å². The molecule has 0 spiro atoms. The predicted octanol–water partition coefficient (Wildman–Crippen LogP) is 3.17. The molecule has 1 aliphatic carbocycles. The van der Waals surface area contributed by atoms with Gasteiger partial charge < -0.3 is 0 Å². The Balaban J connectivity index is 2.60. The lowest BCUT2D eigenvalue weighted by Crippen LogP contribution is -2.08. The van der Waals surface area contributed by atoms with E-state index in [1.807, 2.05) is 0 Å². The van der Waals surface area contributed by atoms with Gasteiger partial charge in [-0.15, -0.1) is 0 Å². The minimum absolute atomic E-state index is 0.137. The maximum absolute atomic E-state index is 9.18. The van der Waals surface area contributed by atoms with Crippen LogP contribution in [0, 0.1) is 32.1 Å². The molecule has 1 nitrogen and oxygen atoms in total. The van der Waals surface area contributed by atoms with E-state index in [4.69, 9.17) is 0 Å². The monoisotopic (exact) mass is 185 g/mol. The summed E-state index contributed by atoms with van der Waals surface area (Å²) >= 11 is 0. The van der Waals surface area contributed by atoms with E-state index in [0.29, 0.717) is 0 Å². The Morgan fingerprint density at radius 1 is 1.14 bits per heavy atom. The Hall–Kier alpha value is -1.29. The Labute approximate surface area is 85.4 Å². The second kappa shape index (κ2) is 2.85. The van der Waals surface area contributed by atoms with Crippen molar-refractivity contribution in [1.29, 1.82) is 5.26 Å². The summed E-state index contributed by atoms with van der Waals surface area (Å²) < 4.78 is 0. The lowest BCUT2D eigenvalue weighted by molar-refractivity contribution is 0.880. The van der Waals surface area contributed by atoms with Crippen molar-refractivity contribution in [3.63, 3.8) is 0 Å². The van der Waals surface area contributed by atoms with E-state index in [1.165, 1.54) is 22.3 Å². The largest absolute Gasteiger partial charge is 0.197 e. The standard InChI is InChI=1S/C13H15N/c1-9-6-10(2)12(11(3)7-9)13(8-14)4-5-13/h6-7H,4-5H2,1-3H3. The summed E-state index contributed by atoms with van der Waals surface area (Å²) in [6.45, 7) is 6.34. The van der Waals surface area contributed by atoms with Crippen LogP contribution in [-0.2, 0) is 5.41 Å². The third kappa shape index (κ3) is 1.23. The van der Waals surface area contributed by atoms with Crippen molar-refractivity contribution >= 4 is 0 Å². The van der Waals surface area contributed by atoms with Crippen molar-refractivity contribution in [3.05, 3.63) is 34.4 Å². The van der Waals surface area contributed by atoms with Gasteiger partial charge in [0.15, 0.2) is 0 Å². The smallest absolute Gasteiger partial charge is 0.0828 e. The van der Waals surface area contributed by atoms with E-state index in [1.54, 1.807) is 0 Å². The van der Waals surface area contributed by atoms with Crippen LogP contribution in [0.5, 0.6) is 0 Å². The highest BCUT2D eigenvalue weighted by molar-refractivity contribution is 5.49. The van der Waals surface area contributed by atoms with Gasteiger partial charge in [-0.05, 0) is 50.3 Å². The zero-order valence-corrected chi connectivity index (χ0v) is 9.02. The number of aryl methyl sites for hydroxylation is 3. The minimum atomic E-state index is -0.137. The van der Waals surface area contributed by atoms with E-state index in [9.17, 15) is 5.26 Å². The van der Waals surface area contributed by atoms with Crippen molar-refractivity contribution in [2.45, 2.75) is 39.0 Å². The van der Waals surface area contributed by atoms with Gasteiger partial charge in [0.05, 0.1) is 11.5 Å². The first-order chi connectivity index (χ1) is 6.59. The van der Waals surface area contributed by atoms with Crippen molar-refractivity contribution in [3.8, 4) is 6.07 Å². The number of hydrogen-bond acceptors (Lipinski definition) is 1. The molecule has 0 aromatic heterocycles. The fourth-order valence-corrected chi connectivity index (χ4v) is 2.48. The molecule has 0 heterocycles. The van der Waals surface area contributed by atoms with Crippen LogP contribution in [0.15, 0.2) is 12.1 Å². The van der Waals surface area contributed by atoms with Crippen LogP contribution >= 0.6 is 0 Å². The van der Waals surface area contributed by atoms with E-state index < -0.39 is 0 Å². The summed E-state index contributed by atoms with van der Waals surface area (Å²) in [6, 6.07) is 6.83. The first-order valence-electron chi connectivity index (χ1n) is 5.09. The molecule has 14 heavy (non-hydrogen) atoms. The van der Waals surface area contributed by atoms with E-state index in [2.05, 4.69) is 39.0 Å². The van der Waals surface area contributed by atoms with Crippen LogP contribution in [-0.4, -0.2) is 0 Å². The molecule has 0 bridgehead atoms. The molecule has 1 aromatic rings. The summed E-state index contributed by atoms with van der Waals surface area (Å²) in [7, 11) is 0. The SMILES string of the molecule is Cc1cc(C)c(C2(C#N)CC2)c(C)c1. The molecule has 2 rings (SSSR count). The molecule has 0 aliphatic heterocycles. The van der Waals surface area contributed by atoms with Crippen LogP contribution in [0.2, 0.25) is 0 Å². The molecule has 0 atom stereocenters. The second-order valence-electron chi connectivity index (χ2n) is 4.47. The molecule has 0 radical (unpaired) electrons. The first kappa shape index (κ1) is 9.27. The summed E-state index contributed by atoms with van der Waals surface area (Å²) in [4.78, 5) is 0. The van der Waals surface area contributed by atoms with Gasteiger partial charge in [0.1, 0.15) is 0 Å². The van der Waals surface area contributed by atoms with Crippen molar-refractivity contribution < 1.29 is 0 Å². The number of nitriles is 1. The summed E-state index contributed by atoms with van der Waals surface area (Å²) in [5.41, 5.74) is 4.99. The maximum Gasteiger partial charge on any atom is 0.0828 e. The fraction of sp³-hybridized carbons (Fsp3) is 0.462. The van der Waals surface area contributed by atoms with Gasteiger partial charge in [0.2, 0.25) is 0 Å². The molecule has 0 unspecified atom stereocenters. The van der Waals surface area contributed by atoms with Gasteiger partial charge in [-0.1, -0.05) is 17.7 Å². The maximum atomic E-state index is 9.18. The van der Waals surface area contributed by atoms with Crippen molar-refractivity contribution in [1.82, 2.24) is 0 Å². The third-order valence-electron chi connectivity index (χ3n) is 3.12. The Bertz CT molecular complexity index is 396. The molecule has 72 valence electrons. The normalized spacial score (nSPS) is 17.6. The quantitative estimate of drug-likeness (QED) is 0.659. The van der Waals surface area contributed by atoms with Crippen molar-refractivity contribution in [2.75, 3.05) is 0 Å². The topological polar surface area (TPSA) is 23.8 Å². The van der Waals surface area contributed by atoms with Crippen LogP contribution in [0.1, 0.15) is 35.1 Å². The van der Waals surface area contributed by atoms with Crippen LogP contribution in [0.3, 0.4) is 0 Å². The Morgan fingerprint density at radius 2 is 1.64 bits per heavy atom. The summed E-state index contributed by atoms with van der Waals surface area (Å²) in [5.74, 6) is 0. The highest BCUT2D eigenvalue weighted by Crippen LogP contribution is 2.49. The molecule has 0 amide bonds.